The van der Waals surface area contributed by atoms with Crippen LogP contribution in [0, 0.1) is 0 Å². The Kier molecular flexibility index (Phi) is 8.39. The van der Waals surface area contributed by atoms with Crippen molar-refractivity contribution in [3.63, 3.8) is 0 Å². The van der Waals surface area contributed by atoms with Gasteiger partial charge < -0.3 is 14.8 Å². The number of likely N-dealkylation sites (tertiary alicyclic amines) is 1. The average molecular weight is 363 g/mol. The Balaban J connectivity index is 1.83. The van der Waals surface area contributed by atoms with Gasteiger partial charge in [0.25, 0.3) is 5.91 Å². The maximum absolute atomic E-state index is 12.7. The average Bonchev–Trinajstić information content (AvgIpc) is 3.15. The molecule has 1 fully saturated rings. The molecule has 0 bridgehead atoms. The van der Waals surface area contributed by atoms with Gasteiger partial charge in [0.15, 0.2) is 0 Å². The zero-order chi connectivity index (χ0) is 18.8. The van der Waals surface area contributed by atoms with Gasteiger partial charge in [-0.25, -0.2) is 0 Å². The van der Waals surface area contributed by atoms with Gasteiger partial charge >= 0.3 is 0 Å². The predicted molar refractivity (Wildman–Crippen MR) is 106 cm³/mol. The first kappa shape index (κ1) is 20.7. The van der Waals surface area contributed by atoms with Crippen molar-refractivity contribution < 1.29 is 14.3 Å². The topological polar surface area (TPSA) is 50.8 Å². The number of unbranched alkanes of at least 4 members (excludes halogenated alkanes) is 1. The van der Waals surface area contributed by atoms with Crippen LogP contribution in [-0.4, -0.2) is 49.3 Å². The lowest BCUT2D eigenvalue weighted by molar-refractivity contribution is -0.139. The molecule has 1 unspecified atom stereocenters. The standard InChI is InChI=1S/C21H34N2O3/c1-4-6-13-21(3,26-5-2)20(24)22-18-9-11-19(12-10-18)25-17-16-23-14-7-8-15-23/h9-12H,4-8,13-17H2,1-3H3,(H,22,24). The van der Waals surface area contributed by atoms with E-state index in [1.807, 2.05) is 38.1 Å². The number of benzene rings is 1. The molecule has 1 heterocycles. The van der Waals surface area contributed by atoms with Crippen LogP contribution in [0.2, 0.25) is 0 Å². The Bertz CT molecular complexity index is 541. The molecule has 1 aliphatic heterocycles. The SMILES string of the molecule is CCCCC(C)(OCC)C(=O)Nc1ccc(OCCN2CCCC2)cc1. The summed E-state index contributed by atoms with van der Waals surface area (Å²) in [4.78, 5) is 15.1. The third kappa shape index (κ3) is 6.29. The molecule has 146 valence electrons. The van der Waals surface area contributed by atoms with Crippen LogP contribution in [0.1, 0.15) is 52.9 Å². The molecule has 0 aliphatic carbocycles. The van der Waals surface area contributed by atoms with Crippen LogP contribution in [0.3, 0.4) is 0 Å². The molecule has 2 rings (SSSR count). The van der Waals surface area contributed by atoms with Crippen molar-refractivity contribution in [2.75, 3.05) is 38.2 Å². The van der Waals surface area contributed by atoms with Gasteiger partial charge in [0.05, 0.1) is 0 Å². The molecule has 1 atom stereocenters. The zero-order valence-electron chi connectivity index (χ0n) is 16.6. The number of anilines is 1. The molecule has 1 aromatic carbocycles. The van der Waals surface area contributed by atoms with E-state index in [2.05, 4.69) is 17.1 Å². The Hall–Kier alpha value is -1.59. The van der Waals surface area contributed by atoms with E-state index in [4.69, 9.17) is 9.47 Å². The molecular formula is C21H34N2O3. The Morgan fingerprint density at radius 1 is 1.19 bits per heavy atom. The number of hydrogen-bond donors (Lipinski definition) is 1. The highest BCUT2D eigenvalue weighted by atomic mass is 16.5. The summed E-state index contributed by atoms with van der Waals surface area (Å²) < 4.78 is 11.6. The van der Waals surface area contributed by atoms with Gasteiger partial charge in [-0.2, -0.15) is 0 Å². The third-order valence-corrected chi connectivity index (χ3v) is 4.94. The fourth-order valence-corrected chi connectivity index (χ4v) is 3.28. The Labute approximate surface area is 158 Å². The number of carbonyl (C=O) groups is 1. The van der Waals surface area contributed by atoms with Crippen LogP contribution in [0.5, 0.6) is 5.75 Å². The lowest BCUT2D eigenvalue weighted by atomic mass is 9.97. The smallest absolute Gasteiger partial charge is 0.256 e. The fourth-order valence-electron chi connectivity index (χ4n) is 3.28. The molecule has 0 radical (unpaired) electrons. The van der Waals surface area contributed by atoms with Gasteiger partial charge in [0.2, 0.25) is 0 Å². The molecule has 5 nitrogen and oxygen atoms in total. The van der Waals surface area contributed by atoms with Crippen molar-refractivity contribution in [2.24, 2.45) is 0 Å². The molecule has 5 heteroatoms. The fraction of sp³-hybridized carbons (Fsp3) is 0.667. The summed E-state index contributed by atoms with van der Waals surface area (Å²) >= 11 is 0. The van der Waals surface area contributed by atoms with Crippen molar-refractivity contribution in [2.45, 2.75) is 58.5 Å². The third-order valence-electron chi connectivity index (χ3n) is 4.94. The summed E-state index contributed by atoms with van der Waals surface area (Å²) in [5.74, 6) is 0.747. The van der Waals surface area contributed by atoms with Crippen molar-refractivity contribution in [3.05, 3.63) is 24.3 Å². The Morgan fingerprint density at radius 3 is 2.50 bits per heavy atom. The van der Waals surface area contributed by atoms with Gasteiger partial charge in [-0.15, -0.1) is 0 Å². The lowest BCUT2D eigenvalue weighted by Gasteiger charge is -2.28. The summed E-state index contributed by atoms with van der Waals surface area (Å²) in [6, 6.07) is 7.58. The van der Waals surface area contributed by atoms with Crippen molar-refractivity contribution in [1.82, 2.24) is 4.90 Å². The second-order valence-electron chi connectivity index (χ2n) is 7.14. The summed E-state index contributed by atoms with van der Waals surface area (Å²) in [6.07, 6.45) is 5.33. The first-order valence-electron chi connectivity index (χ1n) is 9.98. The lowest BCUT2D eigenvalue weighted by Crippen LogP contribution is -2.42. The quantitative estimate of drug-likeness (QED) is 0.644. The number of rotatable bonds is 11. The van der Waals surface area contributed by atoms with E-state index in [1.165, 1.54) is 25.9 Å². The van der Waals surface area contributed by atoms with Crippen molar-refractivity contribution in [1.29, 1.82) is 0 Å². The molecule has 1 aliphatic rings. The second-order valence-corrected chi connectivity index (χ2v) is 7.14. The van der Waals surface area contributed by atoms with Crippen molar-refractivity contribution >= 4 is 11.6 Å². The number of nitrogens with zero attached hydrogens (tertiary/aromatic N) is 1. The van der Waals surface area contributed by atoms with E-state index >= 15 is 0 Å². The van der Waals surface area contributed by atoms with E-state index in [1.54, 1.807) is 0 Å². The maximum Gasteiger partial charge on any atom is 0.256 e. The van der Waals surface area contributed by atoms with Crippen LogP contribution >= 0.6 is 0 Å². The van der Waals surface area contributed by atoms with Crippen LogP contribution in [-0.2, 0) is 9.53 Å². The molecule has 26 heavy (non-hydrogen) atoms. The van der Waals surface area contributed by atoms with Crippen LogP contribution in [0.15, 0.2) is 24.3 Å². The minimum atomic E-state index is -0.782. The molecule has 1 N–H and O–H groups in total. The van der Waals surface area contributed by atoms with Gasteiger partial charge in [0.1, 0.15) is 18.0 Å². The van der Waals surface area contributed by atoms with E-state index < -0.39 is 5.60 Å². The van der Waals surface area contributed by atoms with Crippen LogP contribution in [0.25, 0.3) is 0 Å². The minimum absolute atomic E-state index is 0.0875. The number of ether oxygens (including phenoxy) is 2. The number of nitrogens with one attached hydrogen (secondary N) is 1. The molecule has 1 amide bonds. The highest BCUT2D eigenvalue weighted by Gasteiger charge is 2.33. The van der Waals surface area contributed by atoms with Gasteiger partial charge in [-0.1, -0.05) is 19.8 Å². The summed E-state index contributed by atoms with van der Waals surface area (Å²) in [5.41, 5.74) is -0.0142. The van der Waals surface area contributed by atoms with Crippen LogP contribution < -0.4 is 10.1 Å². The molecule has 1 saturated heterocycles. The van der Waals surface area contributed by atoms with E-state index in [0.29, 0.717) is 13.2 Å². The van der Waals surface area contributed by atoms with E-state index in [0.717, 1.165) is 37.2 Å². The summed E-state index contributed by atoms with van der Waals surface area (Å²) in [7, 11) is 0. The van der Waals surface area contributed by atoms with E-state index in [9.17, 15) is 4.79 Å². The Morgan fingerprint density at radius 2 is 1.88 bits per heavy atom. The second kappa shape index (κ2) is 10.5. The molecule has 0 aromatic heterocycles. The highest BCUT2D eigenvalue weighted by Crippen LogP contribution is 2.23. The number of carbonyl (C=O) groups excluding carboxylic acids is 1. The number of hydrogen-bond acceptors (Lipinski definition) is 4. The predicted octanol–water partition coefficient (Wildman–Crippen LogP) is 4.09. The normalized spacial score (nSPS) is 17.0. The van der Waals surface area contributed by atoms with Crippen molar-refractivity contribution in [3.8, 4) is 5.75 Å². The van der Waals surface area contributed by atoms with Gasteiger partial charge in [-0.3, -0.25) is 9.69 Å². The largest absolute Gasteiger partial charge is 0.492 e. The highest BCUT2D eigenvalue weighted by molar-refractivity contribution is 5.97. The zero-order valence-corrected chi connectivity index (χ0v) is 16.6. The maximum atomic E-state index is 12.7. The summed E-state index contributed by atoms with van der Waals surface area (Å²) in [5, 5.41) is 2.98. The van der Waals surface area contributed by atoms with Gasteiger partial charge in [-0.05, 0) is 70.5 Å². The number of amides is 1. The van der Waals surface area contributed by atoms with Gasteiger partial charge in [0, 0.05) is 18.8 Å². The molecule has 1 aromatic rings. The summed E-state index contributed by atoms with van der Waals surface area (Å²) in [6.45, 7) is 10.5. The molecular weight excluding hydrogens is 328 g/mol. The van der Waals surface area contributed by atoms with Crippen LogP contribution in [0.4, 0.5) is 5.69 Å². The molecule has 0 spiro atoms. The minimum Gasteiger partial charge on any atom is -0.492 e. The first-order valence-corrected chi connectivity index (χ1v) is 9.98. The first-order chi connectivity index (χ1) is 12.6. The van der Waals surface area contributed by atoms with E-state index in [-0.39, 0.29) is 5.91 Å². The monoisotopic (exact) mass is 362 g/mol. The molecule has 0 saturated carbocycles.